The largest absolute Gasteiger partial charge is 0.481 e. The van der Waals surface area contributed by atoms with E-state index in [1.807, 2.05) is 0 Å². The lowest BCUT2D eigenvalue weighted by molar-refractivity contribution is -0.143. The molecule has 59 heavy (non-hydrogen) atoms. The number of carbonyl (C=O) groups excluding carboxylic acids is 8. The normalized spacial score (nSPS) is 15.1. The first-order valence-electron chi connectivity index (χ1n) is 18.4. The Morgan fingerprint density at radius 3 is 1.39 bits per heavy atom. The molecule has 0 aromatic carbocycles. The first-order valence-corrected chi connectivity index (χ1v) is 18.4. The highest BCUT2D eigenvalue weighted by atomic mass is 16.4. The van der Waals surface area contributed by atoms with Gasteiger partial charge in [-0.15, -0.1) is 0 Å². The first kappa shape index (κ1) is 53.0. The van der Waals surface area contributed by atoms with E-state index in [9.17, 15) is 68.1 Å². The molecule has 8 atom stereocenters. The molecule has 0 aliphatic rings. The molecule has 0 saturated heterocycles. The Hall–Kier alpha value is -5.95. The van der Waals surface area contributed by atoms with Crippen molar-refractivity contribution < 1.29 is 78.3 Å². The molecular weight excluding hydrogens is 790 g/mol. The van der Waals surface area contributed by atoms with Gasteiger partial charge in [0, 0.05) is 12.8 Å². The van der Waals surface area contributed by atoms with Crippen LogP contribution in [-0.4, -0.2) is 152 Å². The van der Waals surface area contributed by atoms with Crippen molar-refractivity contribution >= 4 is 65.2 Å². The summed E-state index contributed by atoms with van der Waals surface area (Å²) in [6, 6.07) is -12.4. The molecule has 0 aromatic rings. The van der Waals surface area contributed by atoms with Crippen LogP contribution in [-0.2, 0) is 52.7 Å². The minimum absolute atomic E-state index is 0.00717. The van der Waals surface area contributed by atoms with Gasteiger partial charge in [0.2, 0.25) is 47.3 Å². The predicted molar refractivity (Wildman–Crippen MR) is 201 cm³/mol. The highest BCUT2D eigenvalue weighted by Gasteiger charge is 2.35. The van der Waals surface area contributed by atoms with Gasteiger partial charge in [0.05, 0.1) is 25.7 Å². The molecule has 0 aliphatic heterocycles. The smallest absolute Gasteiger partial charge is 0.326 e. The summed E-state index contributed by atoms with van der Waals surface area (Å²) in [4.78, 5) is 136. The predicted octanol–water partition coefficient (Wildman–Crippen LogP) is -5.90. The molecular formula is C34H57N9O16. The Morgan fingerprint density at radius 2 is 0.949 bits per heavy atom. The van der Waals surface area contributed by atoms with E-state index in [1.165, 1.54) is 20.8 Å². The van der Waals surface area contributed by atoms with Gasteiger partial charge in [0.25, 0.3) is 0 Å². The lowest BCUT2D eigenvalue weighted by Crippen LogP contribution is -2.61. The van der Waals surface area contributed by atoms with E-state index in [0.29, 0.717) is 0 Å². The van der Waals surface area contributed by atoms with Gasteiger partial charge < -0.3 is 74.2 Å². The molecule has 0 aliphatic carbocycles. The standard InChI is InChI=1S/C34H57N9O16/c1-14(2)10-20(40-27(51)16(5)37-28(52)17(35)11-25(49)50)30(54)41-21(12-44)31(55)42-22(13-45)32(56)43-26(15(3)4)33(57)38-18(6-8-23(36)46)29(53)39-19(34(58)59)7-9-24(47)48/h14-22,26,44-45H,6-13,35H2,1-5H3,(H2,36,46)(H,37,52)(H,38,57)(H,39,53)(H,40,51)(H,41,54)(H,42,55)(H,43,56)(H,47,48)(H,49,50)(H,58,59)/t16-,17-,18-,19-,20-,21-,22-,26-/m0/s1. The molecule has 0 unspecified atom stereocenters. The maximum atomic E-state index is 13.4. The molecule has 0 aromatic heterocycles. The molecule has 0 radical (unpaired) electrons. The zero-order valence-corrected chi connectivity index (χ0v) is 33.3. The summed E-state index contributed by atoms with van der Waals surface area (Å²) in [5.41, 5.74) is 10.7. The summed E-state index contributed by atoms with van der Waals surface area (Å²) in [6.07, 6.45) is -2.75. The van der Waals surface area contributed by atoms with Gasteiger partial charge in [0.15, 0.2) is 0 Å². The number of nitrogens with two attached hydrogens (primary N) is 2. The molecule has 0 bridgehead atoms. The van der Waals surface area contributed by atoms with Crippen LogP contribution in [0.5, 0.6) is 0 Å². The Morgan fingerprint density at radius 1 is 0.508 bits per heavy atom. The summed E-state index contributed by atoms with van der Waals surface area (Å²) < 4.78 is 0. The van der Waals surface area contributed by atoms with Crippen molar-refractivity contribution in [3.8, 4) is 0 Å². The average molecular weight is 848 g/mol. The van der Waals surface area contributed by atoms with Gasteiger partial charge in [-0.3, -0.25) is 47.9 Å². The number of aliphatic carboxylic acids is 3. The van der Waals surface area contributed by atoms with Crippen LogP contribution >= 0.6 is 0 Å². The summed E-state index contributed by atoms with van der Waals surface area (Å²) >= 11 is 0. The monoisotopic (exact) mass is 847 g/mol. The second kappa shape index (κ2) is 26.1. The fraction of sp³-hybridized carbons (Fsp3) is 0.676. The van der Waals surface area contributed by atoms with Crippen molar-refractivity contribution in [1.29, 1.82) is 0 Å². The second-order valence-electron chi connectivity index (χ2n) is 14.2. The van der Waals surface area contributed by atoms with Crippen molar-refractivity contribution in [2.24, 2.45) is 23.3 Å². The zero-order chi connectivity index (χ0) is 45.7. The molecule has 0 spiro atoms. The molecule has 0 heterocycles. The van der Waals surface area contributed by atoms with E-state index >= 15 is 0 Å². The number of hydrogen-bond acceptors (Lipinski definition) is 14. The molecule has 16 N–H and O–H groups in total. The van der Waals surface area contributed by atoms with Crippen LogP contribution < -0.4 is 48.7 Å². The van der Waals surface area contributed by atoms with Gasteiger partial charge in [-0.05, 0) is 38.0 Å². The minimum Gasteiger partial charge on any atom is -0.481 e. The second-order valence-corrected chi connectivity index (χ2v) is 14.2. The van der Waals surface area contributed by atoms with Crippen molar-refractivity contribution in [2.75, 3.05) is 13.2 Å². The van der Waals surface area contributed by atoms with Gasteiger partial charge in [-0.25, -0.2) is 4.79 Å². The molecule has 8 amide bonds. The minimum atomic E-state index is -1.80. The van der Waals surface area contributed by atoms with Crippen molar-refractivity contribution in [3.05, 3.63) is 0 Å². The molecule has 25 nitrogen and oxygen atoms in total. The zero-order valence-electron chi connectivity index (χ0n) is 33.3. The number of hydrogen-bond donors (Lipinski definition) is 14. The Kier molecular flexibility index (Phi) is 23.5. The Labute approximate surface area is 338 Å². The van der Waals surface area contributed by atoms with Crippen LogP contribution in [0.1, 0.15) is 73.1 Å². The number of carboxylic acids is 3. The number of aliphatic hydroxyl groups is 2. The van der Waals surface area contributed by atoms with Gasteiger partial charge in [-0.1, -0.05) is 27.7 Å². The van der Waals surface area contributed by atoms with E-state index in [0.717, 1.165) is 0 Å². The maximum absolute atomic E-state index is 13.4. The summed E-state index contributed by atoms with van der Waals surface area (Å²) in [5.74, 6) is -13.4. The Balaban J connectivity index is 5.91. The summed E-state index contributed by atoms with van der Waals surface area (Å²) in [7, 11) is 0. The average Bonchev–Trinajstić information content (AvgIpc) is 3.13. The van der Waals surface area contributed by atoms with Crippen molar-refractivity contribution in [1.82, 2.24) is 37.2 Å². The SMILES string of the molecule is CC(C)C[C@H](NC(=O)[C@H](C)NC(=O)[C@@H](N)CC(=O)O)C(=O)N[C@@H](CO)C(=O)N[C@@H](CO)C(=O)N[C@H](C(=O)N[C@@H](CCC(N)=O)C(=O)N[C@@H](CCC(=O)O)C(=O)O)C(C)C. The number of nitrogens with one attached hydrogen (secondary N) is 7. The van der Waals surface area contributed by atoms with E-state index in [1.54, 1.807) is 13.8 Å². The van der Waals surface area contributed by atoms with E-state index in [-0.39, 0.29) is 12.3 Å². The lowest BCUT2D eigenvalue weighted by Gasteiger charge is -2.28. The number of amides is 8. The van der Waals surface area contributed by atoms with Crippen LogP contribution in [0, 0.1) is 11.8 Å². The third-order valence-corrected chi connectivity index (χ3v) is 8.28. The number of rotatable bonds is 28. The van der Waals surface area contributed by atoms with Gasteiger partial charge >= 0.3 is 17.9 Å². The fourth-order valence-electron chi connectivity index (χ4n) is 5.00. The van der Waals surface area contributed by atoms with Crippen LogP contribution in [0.25, 0.3) is 0 Å². The van der Waals surface area contributed by atoms with Crippen molar-refractivity contribution in [2.45, 2.75) is 121 Å². The highest BCUT2D eigenvalue weighted by molar-refractivity contribution is 5.98. The highest BCUT2D eigenvalue weighted by Crippen LogP contribution is 2.09. The summed E-state index contributed by atoms with van der Waals surface area (Å²) in [6.45, 7) is 5.46. The quantitative estimate of drug-likeness (QED) is 0.0349. The van der Waals surface area contributed by atoms with Gasteiger partial charge in [0.1, 0.15) is 42.3 Å². The Bertz CT molecular complexity index is 1540. The molecule has 0 saturated carbocycles. The molecule has 0 fully saturated rings. The van der Waals surface area contributed by atoms with Crippen LogP contribution in [0.2, 0.25) is 0 Å². The van der Waals surface area contributed by atoms with E-state index < -0.39 is 165 Å². The van der Waals surface area contributed by atoms with Crippen LogP contribution in [0.4, 0.5) is 0 Å². The number of carbonyl (C=O) groups is 11. The van der Waals surface area contributed by atoms with Gasteiger partial charge in [-0.2, -0.15) is 0 Å². The number of primary amides is 1. The lowest BCUT2D eigenvalue weighted by atomic mass is 10.0. The molecule has 25 heteroatoms. The summed E-state index contributed by atoms with van der Waals surface area (Å²) in [5, 5.41) is 62.7. The van der Waals surface area contributed by atoms with Crippen LogP contribution in [0.15, 0.2) is 0 Å². The van der Waals surface area contributed by atoms with E-state index in [2.05, 4.69) is 37.2 Å². The number of aliphatic hydroxyl groups excluding tert-OH is 2. The number of carboxylic acid groups (broad SMARTS) is 3. The van der Waals surface area contributed by atoms with Crippen molar-refractivity contribution in [3.63, 3.8) is 0 Å². The fourth-order valence-corrected chi connectivity index (χ4v) is 5.00. The van der Waals surface area contributed by atoms with Crippen LogP contribution in [0.3, 0.4) is 0 Å². The third-order valence-electron chi connectivity index (χ3n) is 8.28. The van der Waals surface area contributed by atoms with E-state index in [4.69, 9.17) is 21.7 Å². The molecule has 0 rings (SSSR count). The maximum Gasteiger partial charge on any atom is 0.326 e. The first-order chi connectivity index (χ1) is 27.3. The third kappa shape index (κ3) is 20.3. The molecule has 334 valence electrons. The topological polar surface area (TPSA) is 425 Å².